The highest BCUT2D eigenvalue weighted by atomic mass is 19.1. The molecule has 1 heterocycles. The van der Waals surface area contributed by atoms with Gasteiger partial charge in [0, 0.05) is 18.7 Å². The van der Waals surface area contributed by atoms with Crippen LogP contribution in [0.2, 0.25) is 0 Å². The molecule has 0 radical (unpaired) electrons. The van der Waals surface area contributed by atoms with Crippen molar-refractivity contribution in [3.05, 3.63) is 59.7 Å². The van der Waals surface area contributed by atoms with Crippen LogP contribution in [-0.4, -0.2) is 12.0 Å². The number of aromatic nitrogens is 1. The molecule has 0 bridgehead atoms. The molecule has 2 atom stereocenters. The average Bonchev–Trinajstić information content (AvgIpc) is 2.46. The molecule has 1 aromatic heterocycles. The van der Waals surface area contributed by atoms with E-state index in [9.17, 15) is 4.39 Å². The lowest BCUT2D eigenvalue weighted by Gasteiger charge is -2.27. The molecule has 0 saturated carbocycles. The Balaban J connectivity index is 2.22. The number of rotatable bonds is 4. The Morgan fingerprint density at radius 1 is 1.15 bits per heavy atom. The molecule has 106 valence electrons. The van der Waals surface area contributed by atoms with Crippen molar-refractivity contribution >= 4 is 5.69 Å². The summed E-state index contributed by atoms with van der Waals surface area (Å²) in [6.45, 7) is 3.87. The van der Waals surface area contributed by atoms with Crippen molar-refractivity contribution in [3.8, 4) is 0 Å². The third-order valence-electron chi connectivity index (χ3n) is 3.58. The van der Waals surface area contributed by atoms with Crippen molar-refractivity contribution in [1.82, 2.24) is 4.98 Å². The van der Waals surface area contributed by atoms with E-state index >= 15 is 0 Å². The van der Waals surface area contributed by atoms with Gasteiger partial charge in [0.2, 0.25) is 0 Å². The standard InChI is InChI=1S/C16H20FN3/c1-11(18)16-9-8-13(10-19-16)20(3)12(2)14-6-4-5-7-15(14)17/h4-12H,18H2,1-3H3. The monoisotopic (exact) mass is 273 g/mol. The van der Waals surface area contributed by atoms with Gasteiger partial charge in [-0.25, -0.2) is 4.39 Å². The number of hydrogen-bond acceptors (Lipinski definition) is 3. The predicted octanol–water partition coefficient (Wildman–Crippen LogP) is 3.44. The van der Waals surface area contributed by atoms with Gasteiger partial charge in [0.1, 0.15) is 5.82 Å². The van der Waals surface area contributed by atoms with Gasteiger partial charge < -0.3 is 10.6 Å². The van der Waals surface area contributed by atoms with E-state index in [4.69, 9.17) is 5.73 Å². The molecule has 1 aromatic carbocycles. The molecule has 0 aliphatic rings. The van der Waals surface area contributed by atoms with Gasteiger partial charge in [0.05, 0.1) is 23.6 Å². The van der Waals surface area contributed by atoms with E-state index < -0.39 is 0 Å². The first-order chi connectivity index (χ1) is 9.50. The number of anilines is 1. The first kappa shape index (κ1) is 14.5. The molecule has 3 nitrogen and oxygen atoms in total. The second-order valence-corrected chi connectivity index (χ2v) is 5.04. The zero-order valence-electron chi connectivity index (χ0n) is 12.0. The fraction of sp³-hybridized carbons (Fsp3) is 0.312. The van der Waals surface area contributed by atoms with Crippen LogP contribution >= 0.6 is 0 Å². The normalized spacial score (nSPS) is 13.8. The van der Waals surface area contributed by atoms with Gasteiger partial charge in [-0.2, -0.15) is 0 Å². The van der Waals surface area contributed by atoms with E-state index in [1.54, 1.807) is 18.3 Å². The van der Waals surface area contributed by atoms with Gasteiger partial charge in [0.25, 0.3) is 0 Å². The molecule has 2 aromatic rings. The van der Waals surface area contributed by atoms with E-state index in [0.29, 0.717) is 5.56 Å². The summed E-state index contributed by atoms with van der Waals surface area (Å²) in [5, 5.41) is 0. The highest BCUT2D eigenvalue weighted by molar-refractivity contribution is 5.46. The van der Waals surface area contributed by atoms with Crippen molar-refractivity contribution in [2.24, 2.45) is 5.73 Å². The largest absolute Gasteiger partial charge is 0.366 e. The first-order valence-electron chi connectivity index (χ1n) is 6.69. The molecular weight excluding hydrogens is 253 g/mol. The van der Waals surface area contributed by atoms with Crippen LogP contribution in [0, 0.1) is 5.82 Å². The Labute approximate surface area is 119 Å². The Kier molecular flexibility index (Phi) is 4.35. The molecule has 0 spiro atoms. The lowest BCUT2D eigenvalue weighted by Crippen LogP contribution is -2.22. The summed E-state index contributed by atoms with van der Waals surface area (Å²) in [7, 11) is 1.93. The van der Waals surface area contributed by atoms with Crippen molar-refractivity contribution in [2.45, 2.75) is 25.9 Å². The highest BCUT2D eigenvalue weighted by Crippen LogP contribution is 2.26. The molecule has 20 heavy (non-hydrogen) atoms. The van der Waals surface area contributed by atoms with Gasteiger partial charge in [-0.15, -0.1) is 0 Å². The molecular formula is C16H20FN3. The van der Waals surface area contributed by atoms with Gasteiger partial charge in [0.15, 0.2) is 0 Å². The summed E-state index contributed by atoms with van der Waals surface area (Å²) < 4.78 is 13.8. The van der Waals surface area contributed by atoms with Crippen molar-refractivity contribution in [2.75, 3.05) is 11.9 Å². The van der Waals surface area contributed by atoms with Gasteiger partial charge in [-0.3, -0.25) is 4.98 Å². The van der Waals surface area contributed by atoms with Gasteiger partial charge in [-0.05, 0) is 32.0 Å². The number of hydrogen-bond donors (Lipinski definition) is 1. The van der Waals surface area contributed by atoms with Crippen LogP contribution in [0.15, 0.2) is 42.6 Å². The van der Waals surface area contributed by atoms with Crippen molar-refractivity contribution < 1.29 is 4.39 Å². The minimum Gasteiger partial charge on any atom is -0.366 e. The molecule has 2 rings (SSSR count). The minimum absolute atomic E-state index is 0.0702. The number of pyridine rings is 1. The first-order valence-corrected chi connectivity index (χ1v) is 6.69. The van der Waals surface area contributed by atoms with E-state index in [-0.39, 0.29) is 17.9 Å². The average molecular weight is 273 g/mol. The minimum atomic E-state index is -0.188. The maximum absolute atomic E-state index is 13.8. The number of benzene rings is 1. The quantitative estimate of drug-likeness (QED) is 0.928. The molecule has 2 unspecified atom stereocenters. The van der Waals surface area contributed by atoms with Crippen LogP contribution in [0.3, 0.4) is 0 Å². The summed E-state index contributed by atoms with van der Waals surface area (Å²) in [6, 6.07) is 10.5. The Morgan fingerprint density at radius 2 is 1.85 bits per heavy atom. The Bertz CT molecular complexity index is 566. The number of nitrogens with zero attached hydrogens (tertiary/aromatic N) is 2. The summed E-state index contributed by atoms with van der Waals surface area (Å²) in [5.74, 6) is -0.188. The Hall–Kier alpha value is -1.94. The second-order valence-electron chi connectivity index (χ2n) is 5.04. The van der Waals surface area contributed by atoms with Crippen LogP contribution in [0.4, 0.5) is 10.1 Å². The van der Waals surface area contributed by atoms with E-state index in [2.05, 4.69) is 4.98 Å². The summed E-state index contributed by atoms with van der Waals surface area (Å²) >= 11 is 0. The second kappa shape index (κ2) is 6.01. The Morgan fingerprint density at radius 3 is 2.40 bits per heavy atom. The zero-order chi connectivity index (χ0) is 14.7. The fourth-order valence-corrected chi connectivity index (χ4v) is 2.12. The third kappa shape index (κ3) is 2.96. The summed E-state index contributed by atoms with van der Waals surface area (Å²) in [5.41, 5.74) is 8.24. The molecule has 0 amide bonds. The molecule has 2 N–H and O–H groups in total. The molecule has 0 fully saturated rings. The van der Waals surface area contributed by atoms with E-state index in [0.717, 1.165) is 11.4 Å². The van der Waals surface area contributed by atoms with Crippen molar-refractivity contribution in [3.63, 3.8) is 0 Å². The maximum atomic E-state index is 13.8. The van der Waals surface area contributed by atoms with Crippen LogP contribution in [0.25, 0.3) is 0 Å². The van der Waals surface area contributed by atoms with Crippen LogP contribution in [-0.2, 0) is 0 Å². The fourth-order valence-electron chi connectivity index (χ4n) is 2.12. The summed E-state index contributed by atoms with van der Waals surface area (Å²) in [6.07, 6.45) is 1.77. The van der Waals surface area contributed by atoms with Crippen LogP contribution in [0.5, 0.6) is 0 Å². The zero-order valence-corrected chi connectivity index (χ0v) is 12.0. The number of nitrogens with two attached hydrogens (primary N) is 1. The maximum Gasteiger partial charge on any atom is 0.128 e. The molecule has 0 aliphatic carbocycles. The highest BCUT2D eigenvalue weighted by Gasteiger charge is 2.16. The lowest BCUT2D eigenvalue weighted by molar-refractivity contribution is 0.585. The molecule has 4 heteroatoms. The van der Waals surface area contributed by atoms with Crippen LogP contribution < -0.4 is 10.6 Å². The SMILES string of the molecule is CC(N)c1ccc(N(C)C(C)c2ccccc2F)cn1. The number of halogens is 1. The van der Waals surface area contributed by atoms with E-state index in [1.165, 1.54) is 6.07 Å². The van der Waals surface area contributed by atoms with E-state index in [1.807, 2.05) is 44.0 Å². The molecule has 0 aliphatic heterocycles. The lowest BCUT2D eigenvalue weighted by atomic mass is 10.1. The van der Waals surface area contributed by atoms with Crippen molar-refractivity contribution in [1.29, 1.82) is 0 Å². The smallest absolute Gasteiger partial charge is 0.128 e. The van der Waals surface area contributed by atoms with Crippen LogP contribution in [0.1, 0.15) is 37.2 Å². The molecule has 0 saturated heterocycles. The van der Waals surface area contributed by atoms with Gasteiger partial charge in [-0.1, -0.05) is 18.2 Å². The third-order valence-corrected chi connectivity index (χ3v) is 3.58. The topological polar surface area (TPSA) is 42.1 Å². The van der Waals surface area contributed by atoms with Gasteiger partial charge >= 0.3 is 0 Å². The predicted molar refractivity (Wildman–Crippen MR) is 80.1 cm³/mol. The summed E-state index contributed by atoms with van der Waals surface area (Å²) in [4.78, 5) is 6.33.